The van der Waals surface area contributed by atoms with Crippen LogP contribution in [-0.4, -0.2) is 33.1 Å². The minimum absolute atomic E-state index is 0.312. The molecular weight excluding hydrogens is 408 g/mol. The number of aliphatic hydroxyl groups is 3. The van der Waals surface area contributed by atoms with E-state index in [9.17, 15) is 15.3 Å². The van der Waals surface area contributed by atoms with E-state index >= 15 is 0 Å². The van der Waals surface area contributed by atoms with Gasteiger partial charge in [-0.1, -0.05) is 76.3 Å². The Kier molecular flexibility index (Phi) is 8.64. The molecule has 5 unspecified atom stereocenters. The van der Waals surface area contributed by atoms with Gasteiger partial charge in [0.25, 0.3) is 0 Å². The van der Waals surface area contributed by atoms with E-state index in [4.69, 9.17) is 0 Å². The zero-order valence-corrected chi connectivity index (χ0v) is 21.3. The average Bonchev–Trinajstić information content (AvgIpc) is 3.15. The zero-order valence-electron chi connectivity index (χ0n) is 21.3. The van der Waals surface area contributed by atoms with Gasteiger partial charge in [0, 0.05) is 6.42 Å². The highest BCUT2D eigenvalue weighted by Crippen LogP contribution is 2.59. The average molecular weight is 455 g/mol. The van der Waals surface area contributed by atoms with Crippen molar-refractivity contribution < 1.29 is 15.3 Å². The highest BCUT2D eigenvalue weighted by Gasteiger charge is 2.50. The van der Waals surface area contributed by atoms with Crippen molar-refractivity contribution in [2.45, 2.75) is 103 Å². The SMILES string of the molecule is C=C1C(=CC=C2CCC[C@@]3(C)C2CCC3C(C)C=CC=CC(O)(CC)CC)CC(O)CC1O. The number of allylic oxidation sites excluding steroid dienone is 6. The summed E-state index contributed by atoms with van der Waals surface area (Å²) in [5.41, 5.74) is 2.92. The first-order chi connectivity index (χ1) is 15.6. The summed E-state index contributed by atoms with van der Waals surface area (Å²) in [4.78, 5) is 0. The molecule has 0 bridgehead atoms. The molecule has 3 heteroatoms. The van der Waals surface area contributed by atoms with Crippen LogP contribution >= 0.6 is 0 Å². The molecule has 3 rings (SSSR count). The molecule has 184 valence electrons. The van der Waals surface area contributed by atoms with Crippen LogP contribution in [0, 0.1) is 23.2 Å². The van der Waals surface area contributed by atoms with Crippen LogP contribution in [0.25, 0.3) is 0 Å². The van der Waals surface area contributed by atoms with Gasteiger partial charge in [-0.05, 0) is 85.7 Å². The summed E-state index contributed by atoms with van der Waals surface area (Å²) in [6.07, 6.45) is 20.3. The van der Waals surface area contributed by atoms with E-state index in [1.807, 2.05) is 26.0 Å². The molecule has 33 heavy (non-hydrogen) atoms. The van der Waals surface area contributed by atoms with Gasteiger partial charge in [0.1, 0.15) is 0 Å². The molecule has 0 aromatic rings. The lowest BCUT2D eigenvalue weighted by atomic mass is 9.61. The Morgan fingerprint density at radius 1 is 1.15 bits per heavy atom. The van der Waals surface area contributed by atoms with Gasteiger partial charge in [-0.15, -0.1) is 0 Å². The zero-order chi connectivity index (χ0) is 24.2. The molecule has 0 saturated heterocycles. The third kappa shape index (κ3) is 5.81. The molecule has 3 aliphatic carbocycles. The van der Waals surface area contributed by atoms with E-state index in [0.717, 1.165) is 30.4 Å². The van der Waals surface area contributed by atoms with E-state index in [-0.39, 0.29) is 0 Å². The monoisotopic (exact) mass is 454 g/mol. The van der Waals surface area contributed by atoms with Crippen LogP contribution in [0.4, 0.5) is 0 Å². The number of aliphatic hydroxyl groups excluding tert-OH is 2. The van der Waals surface area contributed by atoms with Gasteiger partial charge in [0.05, 0.1) is 17.8 Å². The summed E-state index contributed by atoms with van der Waals surface area (Å²) in [7, 11) is 0. The maximum atomic E-state index is 10.5. The summed E-state index contributed by atoms with van der Waals surface area (Å²) in [6.45, 7) is 13.0. The van der Waals surface area contributed by atoms with E-state index < -0.39 is 17.8 Å². The fourth-order valence-corrected chi connectivity index (χ4v) is 6.70. The number of hydrogen-bond donors (Lipinski definition) is 3. The lowest BCUT2D eigenvalue weighted by molar-refractivity contribution is 0.0827. The van der Waals surface area contributed by atoms with Gasteiger partial charge in [-0.3, -0.25) is 0 Å². The van der Waals surface area contributed by atoms with Crippen LogP contribution in [0.2, 0.25) is 0 Å². The number of fused-ring (bicyclic) bond motifs is 1. The highest BCUT2D eigenvalue weighted by molar-refractivity contribution is 5.38. The lowest BCUT2D eigenvalue weighted by Gasteiger charge is -2.44. The maximum absolute atomic E-state index is 10.5. The smallest absolute Gasteiger partial charge is 0.0825 e. The van der Waals surface area contributed by atoms with Gasteiger partial charge >= 0.3 is 0 Å². The Labute approximate surface area is 201 Å². The van der Waals surface area contributed by atoms with Crippen LogP contribution in [0.5, 0.6) is 0 Å². The topological polar surface area (TPSA) is 60.7 Å². The van der Waals surface area contributed by atoms with Gasteiger partial charge in [0.15, 0.2) is 0 Å². The van der Waals surface area contributed by atoms with Gasteiger partial charge in [0.2, 0.25) is 0 Å². The summed E-state index contributed by atoms with van der Waals surface area (Å²) in [5.74, 6) is 1.77. The van der Waals surface area contributed by atoms with Crippen molar-refractivity contribution in [1.29, 1.82) is 0 Å². The summed E-state index contributed by atoms with van der Waals surface area (Å²) in [5, 5.41) is 30.7. The van der Waals surface area contributed by atoms with Gasteiger partial charge < -0.3 is 15.3 Å². The molecule has 3 N–H and O–H groups in total. The second-order valence-corrected chi connectivity index (χ2v) is 11.1. The number of hydrogen-bond acceptors (Lipinski definition) is 3. The lowest BCUT2D eigenvalue weighted by Crippen LogP contribution is -2.35. The van der Waals surface area contributed by atoms with Crippen LogP contribution < -0.4 is 0 Å². The van der Waals surface area contributed by atoms with E-state index in [2.05, 4.69) is 44.7 Å². The molecule has 0 aromatic heterocycles. The summed E-state index contributed by atoms with van der Waals surface area (Å²) < 4.78 is 0. The van der Waals surface area contributed by atoms with E-state index in [0.29, 0.717) is 36.0 Å². The molecule has 0 heterocycles. The minimum atomic E-state index is -0.689. The molecule has 3 nitrogen and oxygen atoms in total. The quantitative estimate of drug-likeness (QED) is 0.389. The maximum Gasteiger partial charge on any atom is 0.0825 e. The molecule has 6 atom stereocenters. The molecule has 3 fully saturated rings. The Bertz CT molecular complexity index is 812. The fraction of sp³-hybridized carbons (Fsp3) is 0.667. The predicted octanol–water partition coefficient (Wildman–Crippen LogP) is 6.43. The van der Waals surface area contributed by atoms with Crippen molar-refractivity contribution in [3.05, 3.63) is 59.8 Å². The molecule has 0 spiro atoms. The molecule has 3 aliphatic rings. The first-order valence-electron chi connectivity index (χ1n) is 13.2. The van der Waals surface area contributed by atoms with Crippen molar-refractivity contribution in [3.63, 3.8) is 0 Å². The Hall–Kier alpha value is -1.42. The minimum Gasteiger partial charge on any atom is -0.393 e. The Balaban J connectivity index is 1.72. The molecule has 3 saturated carbocycles. The van der Waals surface area contributed by atoms with E-state index in [1.165, 1.54) is 31.3 Å². The van der Waals surface area contributed by atoms with Gasteiger partial charge in [-0.2, -0.15) is 0 Å². The van der Waals surface area contributed by atoms with Crippen molar-refractivity contribution in [2.24, 2.45) is 23.2 Å². The van der Waals surface area contributed by atoms with E-state index in [1.54, 1.807) is 0 Å². The Morgan fingerprint density at radius 2 is 1.88 bits per heavy atom. The van der Waals surface area contributed by atoms with Crippen LogP contribution in [0.1, 0.15) is 85.5 Å². The second-order valence-electron chi connectivity index (χ2n) is 11.1. The second kappa shape index (κ2) is 10.9. The molecule has 0 aliphatic heterocycles. The van der Waals surface area contributed by atoms with Crippen molar-refractivity contribution in [2.75, 3.05) is 0 Å². The normalized spacial score (nSPS) is 36.9. The molecule has 0 radical (unpaired) electrons. The van der Waals surface area contributed by atoms with Crippen molar-refractivity contribution in [3.8, 4) is 0 Å². The van der Waals surface area contributed by atoms with Crippen LogP contribution in [0.3, 0.4) is 0 Å². The Morgan fingerprint density at radius 3 is 2.58 bits per heavy atom. The molecule has 0 amide bonds. The summed E-state index contributed by atoms with van der Waals surface area (Å²) in [6, 6.07) is 0. The third-order valence-corrected chi connectivity index (χ3v) is 9.09. The van der Waals surface area contributed by atoms with Crippen molar-refractivity contribution in [1.82, 2.24) is 0 Å². The number of rotatable bonds is 7. The van der Waals surface area contributed by atoms with Crippen LogP contribution in [0.15, 0.2) is 59.8 Å². The predicted molar refractivity (Wildman–Crippen MR) is 138 cm³/mol. The third-order valence-electron chi connectivity index (χ3n) is 9.09. The van der Waals surface area contributed by atoms with Gasteiger partial charge in [-0.25, -0.2) is 0 Å². The molecule has 0 aromatic carbocycles. The van der Waals surface area contributed by atoms with Crippen LogP contribution in [-0.2, 0) is 0 Å². The first kappa shape index (κ1) is 26.2. The van der Waals surface area contributed by atoms with Crippen molar-refractivity contribution >= 4 is 0 Å². The fourth-order valence-electron chi connectivity index (χ4n) is 6.70. The highest BCUT2D eigenvalue weighted by atomic mass is 16.3. The summed E-state index contributed by atoms with van der Waals surface area (Å²) >= 11 is 0. The standard InChI is InChI=1S/C30H46O3/c1-6-30(33,7-2)18-9-8-11-21(3)26-15-16-27-23(12-10-17-29(26,27)5)13-14-24-19-25(31)20-28(32)22(24)4/h8-9,11,13-14,18,21,25-28,31-33H,4,6-7,10,12,15-17,19-20H2,1-3,5H3/t21?,25?,26?,27?,28?,29-/m1/s1. The first-order valence-corrected chi connectivity index (χ1v) is 13.2. The molecular formula is C30H46O3. The largest absolute Gasteiger partial charge is 0.393 e.